The third kappa shape index (κ3) is 6.07. The highest BCUT2D eigenvalue weighted by atomic mass is 79.9. The van der Waals surface area contributed by atoms with Crippen molar-refractivity contribution in [1.82, 2.24) is 15.0 Å². The van der Waals surface area contributed by atoms with E-state index in [4.69, 9.17) is 16.3 Å². The van der Waals surface area contributed by atoms with E-state index in [2.05, 4.69) is 36.2 Å². The number of anilines is 1. The van der Waals surface area contributed by atoms with Gasteiger partial charge >= 0.3 is 6.18 Å². The Morgan fingerprint density at radius 1 is 1.16 bits per heavy atom. The maximum Gasteiger partial charge on any atom is 0.417 e. The van der Waals surface area contributed by atoms with Gasteiger partial charge in [0.05, 0.1) is 15.7 Å². The molecule has 31 heavy (non-hydrogen) atoms. The highest BCUT2D eigenvalue weighted by Gasteiger charge is 2.30. The van der Waals surface area contributed by atoms with Gasteiger partial charge in [-0.25, -0.2) is 15.0 Å². The molecule has 0 unspecified atom stereocenters. The summed E-state index contributed by atoms with van der Waals surface area (Å²) in [5, 5.41) is 3.77. The van der Waals surface area contributed by atoms with Gasteiger partial charge in [0.15, 0.2) is 0 Å². The van der Waals surface area contributed by atoms with Crippen molar-refractivity contribution in [3.8, 4) is 11.6 Å². The lowest BCUT2D eigenvalue weighted by atomic mass is 10.1. The molecule has 164 valence electrons. The number of benzene rings is 1. The summed E-state index contributed by atoms with van der Waals surface area (Å²) in [6.07, 6.45) is -2.28. The molecule has 0 saturated carbocycles. The van der Waals surface area contributed by atoms with E-state index < -0.39 is 11.7 Å². The second-order valence-electron chi connectivity index (χ2n) is 6.66. The zero-order valence-electron chi connectivity index (χ0n) is 16.7. The van der Waals surface area contributed by atoms with Gasteiger partial charge in [0, 0.05) is 18.8 Å². The first-order valence-electron chi connectivity index (χ1n) is 9.43. The normalized spacial score (nSPS) is 11.5. The van der Waals surface area contributed by atoms with Crippen LogP contribution in [0.25, 0.3) is 0 Å². The van der Waals surface area contributed by atoms with Crippen LogP contribution in [-0.4, -0.2) is 21.5 Å². The summed E-state index contributed by atoms with van der Waals surface area (Å²) < 4.78 is 44.2. The van der Waals surface area contributed by atoms with Crippen LogP contribution in [0.3, 0.4) is 0 Å². The van der Waals surface area contributed by atoms with Crippen LogP contribution in [0.4, 0.5) is 19.0 Å². The third-order valence-corrected chi connectivity index (χ3v) is 5.36. The molecule has 10 heteroatoms. The lowest BCUT2D eigenvalue weighted by Crippen LogP contribution is -2.09. The van der Waals surface area contributed by atoms with Crippen molar-refractivity contribution in [3.05, 3.63) is 68.7 Å². The van der Waals surface area contributed by atoms with Crippen molar-refractivity contribution in [1.29, 1.82) is 0 Å². The summed E-state index contributed by atoms with van der Waals surface area (Å²) >= 11 is 9.77. The first kappa shape index (κ1) is 23.3. The molecule has 5 nitrogen and oxygen atoms in total. The van der Waals surface area contributed by atoms with Crippen molar-refractivity contribution < 1.29 is 17.9 Å². The minimum absolute atomic E-state index is 0.0728. The zero-order chi connectivity index (χ0) is 22.6. The van der Waals surface area contributed by atoms with Crippen LogP contribution in [-0.2, 0) is 19.0 Å². The molecular weight excluding hydrogens is 497 g/mol. The average Bonchev–Trinajstić information content (AvgIpc) is 2.72. The molecule has 0 saturated heterocycles. The summed E-state index contributed by atoms with van der Waals surface area (Å²) in [5.74, 6) is 1.79. The van der Waals surface area contributed by atoms with Crippen LogP contribution in [0, 0.1) is 6.92 Å². The first-order valence-corrected chi connectivity index (χ1v) is 10.6. The van der Waals surface area contributed by atoms with Gasteiger partial charge in [0.1, 0.15) is 22.4 Å². The predicted molar refractivity (Wildman–Crippen MR) is 117 cm³/mol. The van der Waals surface area contributed by atoms with Crippen molar-refractivity contribution in [2.24, 2.45) is 0 Å². The Morgan fingerprint density at radius 2 is 1.94 bits per heavy atom. The van der Waals surface area contributed by atoms with Gasteiger partial charge in [-0.2, -0.15) is 13.2 Å². The first-order chi connectivity index (χ1) is 14.7. The standard InChI is InChI=1S/C21H19BrClF3N4O/c1-3-16-19(23)20(30-12(2)29-16)27-9-8-13-4-6-17(15(22)10-13)31-18-7-5-14(11-28-18)21(24,25)26/h4-7,10-11H,3,8-9H2,1-2H3,(H,27,29,30). The molecule has 0 aliphatic carbocycles. The lowest BCUT2D eigenvalue weighted by molar-refractivity contribution is -0.137. The van der Waals surface area contributed by atoms with Crippen LogP contribution in [0.1, 0.15) is 29.6 Å². The van der Waals surface area contributed by atoms with E-state index in [1.165, 1.54) is 6.07 Å². The molecule has 0 bridgehead atoms. The Kier molecular flexibility index (Phi) is 7.38. The number of aromatic nitrogens is 3. The van der Waals surface area contributed by atoms with E-state index in [1.54, 1.807) is 6.07 Å². The zero-order valence-corrected chi connectivity index (χ0v) is 19.1. The van der Waals surface area contributed by atoms with Crippen molar-refractivity contribution in [3.63, 3.8) is 0 Å². The maximum atomic E-state index is 12.6. The van der Waals surface area contributed by atoms with Gasteiger partial charge < -0.3 is 10.1 Å². The number of ether oxygens (including phenoxy) is 1. The van der Waals surface area contributed by atoms with E-state index >= 15 is 0 Å². The summed E-state index contributed by atoms with van der Waals surface area (Å²) in [7, 11) is 0. The predicted octanol–water partition coefficient (Wildman–Crippen LogP) is 6.62. The molecule has 3 rings (SSSR count). The average molecular weight is 516 g/mol. The van der Waals surface area contributed by atoms with Crippen LogP contribution < -0.4 is 10.1 Å². The summed E-state index contributed by atoms with van der Waals surface area (Å²) in [6, 6.07) is 7.60. The third-order valence-electron chi connectivity index (χ3n) is 4.35. The fraction of sp³-hybridized carbons (Fsp3) is 0.286. The van der Waals surface area contributed by atoms with Crippen LogP contribution >= 0.6 is 27.5 Å². The number of alkyl halides is 3. The molecule has 0 fully saturated rings. The summed E-state index contributed by atoms with van der Waals surface area (Å²) in [4.78, 5) is 12.4. The number of aryl methyl sites for hydroxylation is 2. The Morgan fingerprint density at radius 3 is 2.55 bits per heavy atom. The molecule has 3 aromatic rings. The van der Waals surface area contributed by atoms with Gasteiger partial charge in [0.2, 0.25) is 5.88 Å². The van der Waals surface area contributed by atoms with Crippen LogP contribution in [0.2, 0.25) is 5.02 Å². The molecule has 0 aliphatic rings. The number of hydrogen-bond acceptors (Lipinski definition) is 5. The molecule has 1 N–H and O–H groups in total. The SMILES string of the molecule is CCc1nc(C)nc(NCCc2ccc(Oc3ccc(C(F)(F)F)cn3)c(Br)c2)c1Cl. The minimum Gasteiger partial charge on any atom is -0.438 e. The van der Waals surface area contributed by atoms with Crippen molar-refractivity contribution in [2.75, 3.05) is 11.9 Å². The lowest BCUT2D eigenvalue weighted by Gasteiger charge is -2.12. The van der Waals surface area contributed by atoms with Gasteiger partial charge in [0.25, 0.3) is 0 Å². The van der Waals surface area contributed by atoms with Crippen LogP contribution in [0.15, 0.2) is 41.0 Å². The highest BCUT2D eigenvalue weighted by Crippen LogP contribution is 2.32. The number of hydrogen-bond donors (Lipinski definition) is 1. The number of halogens is 5. The van der Waals surface area contributed by atoms with E-state index in [9.17, 15) is 13.2 Å². The largest absolute Gasteiger partial charge is 0.438 e. The Bertz CT molecular complexity index is 1060. The maximum absolute atomic E-state index is 12.6. The molecular formula is C21H19BrClF3N4O. The molecule has 0 radical (unpaired) electrons. The highest BCUT2D eigenvalue weighted by molar-refractivity contribution is 9.10. The number of pyridine rings is 1. The fourth-order valence-electron chi connectivity index (χ4n) is 2.80. The van der Waals surface area contributed by atoms with Crippen molar-refractivity contribution in [2.45, 2.75) is 32.9 Å². The topological polar surface area (TPSA) is 59.9 Å². The van der Waals surface area contributed by atoms with E-state index in [0.717, 1.165) is 29.9 Å². The van der Waals surface area contributed by atoms with E-state index in [1.807, 2.05) is 26.0 Å². The molecule has 0 aliphatic heterocycles. The smallest absolute Gasteiger partial charge is 0.417 e. The molecule has 0 spiro atoms. The van der Waals surface area contributed by atoms with Crippen LogP contribution in [0.5, 0.6) is 11.6 Å². The number of rotatable bonds is 7. The van der Waals surface area contributed by atoms with Gasteiger partial charge in [-0.3, -0.25) is 0 Å². The minimum atomic E-state index is -4.44. The number of nitrogens with zero attached hydrogens (tertiary/aromatic N) is 3. The quantitative estimate of drug-likeness (QED) is 0.383. The Balaban J connectivity index is 1.62. The molecule has 0 atom stereocenters. The molecule has 0 amide bonds. The second kappa shape index (κ2) is 9.82. The second-order valence-corrected chi connectivity index (χ2v) is 7.89. The van der Waals surface area contributed by atoms with Crippen molar-refractivity contribution >= 4 is 33.3 Å². The summed E-state index contributed by atoms with van der Waals surface area (Å²) in [5.41, 5.74) is 0.995. The van der Waals surface area contributed by atoms with E-state index in [-0.39, 0.29) is 5.88 Å². The summed E-state index contributed by atoms with van der Waals surface area (Å²) in [6.45, 7) is 4.41. The van der Waals surface area contributed by atoms with Gasteiger partial charge in [-0.05, 0) is 59.5 Å². The molecule has 2 aromatic heterocycles. The van der Waals surface area contributed by atoms with E-state index in [0.29, 0.717) is 39.9 Å². The van der Waals surface area contributed by atoms with Gasteiger partial charge in [-0.1, -0.05) is 24.6 Å². The fourth-order valence-corrected chi connectivity index (χ4v) is 3.59. The Hall–Kier alpha value is -2.39. The molecule has 1 aromatic carbocycles. The molecule has 2 heterocycles. The van der Waals surface area contributed by atoms with Gasteiger partial charge in [-0.15, -0.1) is 0 Å². The number of nitrogens with one attached hydrogen (secondary N) is 1. The monoisotopic (exact) mass is 514 g/mol. The Labute approximate surface area is 191 Å².